The fraction of sp³-hybridized carbons (Fsp3) is 0.500. The van der Waals surface area contributed by atoms with Gasteiger partial charge < -0.3 is 5.32 Å². The molecule has 0 aliphatic carbocycles. The Morgan fingerprint density at radius 3 is 2.76 bits per heavy atom. The summed E-state index contributed by atoms with van der Waals surface area (Å²) in [5.74, 6) is -0.165. The number of nitrogens with one attached hydrogen (secondary N) is 2. The molecule has 0 radical (unpaired) electrons. The lowest BCUT2D eigenvalue weighted by atomic mass is 10.2. The van der Waals surface area contributed by atoms with Crippen LogP contribution in [0.15, 0.2) is 17.5 Å². The van der Waals surface area contributed by atoms with Crippen molar-refractivity contribution in [1.82, 2.24) is 10.0 Å². The first-order chi connectivity index (χ1) is 7.88. The van der Waals surface area contributed by atoms with Crippen molar-refractivity contribution >= 4 is 27.3 Å². The van der Waals surface area contributed by atoms with E-state index in [0.717, 1.165) is 11.1 Å². The Morgan fingerprint density at radius 1 is 1.53 bits per heavy atom. The lowest BCUT2D eigenvalue weighted by Crippen LogP contribution is -2.31. The fourth-order valence-electron chi connectivity index (χ4n) is 1.27. The van der Waals surface area contributed by atoms with Crippen molar-refractivity contribution in [3.8, 4) is 0 Å². The van der Waals surface area contributed by atoms with E-state index in [9.17, 15) is 13.2 Å². The van der Waals surface area contributed by atoms with E-state index in [1.165, 1.54) is 0 Å². The summed E-state index contributed by atoms with van der Waals surface area (Å²) in [6, 6.07) is 3.83. The van der Waals surface area contributed by atoms with Gasteiger partial charge in [-0.15, -0.1) is 11.3 Å². The van der Waals surface area contributed by atoms with Gasteiger partial charge in [0.25, 0.3) is 0 Å². The van der Waals surface area contributed by atoms with E-state index in [4.69, 9.17) is 0 Å². The van der Waals surface area contributed by atoms with Crippen molar-refractivity contribution in [3.63, 3.8) is 0 Å². The molecule has 1 unspecified atom stereocenters. The first kappa shape index (κ1) is 14.1. The van der Waals surface area contributed by atoms with E-state index in [1.54, 1.807) is 11.3 Å². The summed E-state index contributed by atoms with van der Waals surface area (Å²) in [4.78, 5) is 12.6. The average Bonchev–Trinajstić information content (AvgIpc) is 2.67. The Bertz CT molecular complexity index is 454. The molecule has 1 amide bonds. The Kier molecular flexibility index (Phi) is 5.10. The van der Waals surface area contributed by atoms with Crippen molar-refractivity contribution in [3.05, 3.63) is 22.4 Å². The maximum Gasteiger partial charge on any atom is 0.221 e. The molecule has 0 saturated heterocycles. The molecule has 0 saturated carbocycles. The van der Waals surface area contributed by atoms with Gasteiger partial charge in [-0.05, 0) is 18.4 Å². The van der Waals surface area contributed by atoms with Crippen molar-refractivity contribution in [1.29, 1.82) is 0 Å². The van der Waals surface area contributed by atoms with Gasteiger partial charge in [0.15, 0.2) is 0 Å². The molecule has 0 bridgehead atoms. The van der Waals surface area contributed by atoms with Crippen LogP contribution in [0, 0.1) is 0 Å². The molecular weight excluding hydrogens is 260 g/mol. The maximum absolute atomic E-state index is 11.5. The van der Waals surface area contributed by atoms with Crippen LogP contribution in [0.3, 0.4) is 0 Å². The van der Waals surface area contributed by atoms with Gasteiger partial charge in [-0.2, -0.15) is 0 Å². The van der Waals surface area contributed by atoms with Gasteiger partial charge in [0.2, 0.25) is 15.9 Å². The molecule has 0 aromatic carbocycles. The van der Waals surface area contributed by atoms with Crippen LogP contribution in [0.4, 0.5) is 0 Å². The lowest BCUT2D eigenvalue weighted by Gasteiger charge is -2.12. The van der Waals surface area contributed by atoms with E-state index in [2.05, 4.69) is 10.0 Å². The van der Waals surface area contributed by atoms with Crippen molar-refractivity contribution < 1.29 is 13.2 Å². The lowest BCUT2D eigenvalue weighted by molar-refractivity contribution is -0.121. The molecule has 0 aliphatic rings. The molecule has 1 rings (SSSR count). The molecule has 1 aromatic heterocycles. The van der Waals surface area contributed by atoms with E-state index in [-0.39, 0.29) is 24.9 Å². The molecule has 5 nitrogen and oxygen atoms in total. The Hall–Kier alpha value is -0.920. The van der Waals surface area contributed by atoms with E-state index >= 15 is 0 Å². The van der Waals surface area contributed by atoms with Crippen LogP contribution in [0.2, 0.25) is 0 Å². The fourth-order valence-corrected chi connectivity index (χ4v) is 2.48. The number of rotatable bonds is 6. The first-order valence-corrected chi connectivity index (χ1v) is 7.93. The quantitative estimate of drug-likeness (QED) is 0.809. The minimum Gasteiger partial charge on any atom is -0.349 e. The van der Waals surface area contributed by atoms with Crippen LogP contribution in [0.5, 0.6) is 0 Å². The summed E-state index contributed by atoms with van der Waals surface area (Å²) in [5, 5.41) is 4.75. The second-order valence-electron chi connectivity index (χ2n) is 3.72. The predicted octanol–water partition coefficient (Wildman–Crippen LogP) is 0.865. The summed E-state index contributed by atoms with van der Waals surface area (Å²) in [7, 11) is -3.22. The number of thiophene rings is 1. The number of carbonyl (C=O) groups is 1. The molecule has 2 N–H and O–H groups in total. The van der Waals surface area contributed by atoms with Crippen molar-refractivity contribution in [2.45, 2.75) is 19.4 Å². The summed E-state index contributed by atoms with van der Waals surface area (Å²) in [5.41, 5.74) is 0. The van der Waals surface area contributed by atoms with Gasteiger partial charge in [0.1, 0.15) is 0 Å². The SMILES string of the molecule is CC(NC(=O)CCNS(C)(=O)=O)c1cccs1. The van der Waals surface area contributed by atoms with Crippen LogP contribution < -0.4 is 10.0 Å². The normalized spacial score (nSPS) is 13.3. The van der Waals surface area contributed by atoms with Gasteiger partial charge in [-0.25, -0.2) is 13.1 Å². The molecule has 1 atom stereocenters. The molecular formula is C10H16N2O3S2. The number of carbonyl (C=O) groups excluding carboxylic acids is 1. The smallest absolute Gasteiger partial charge is 0.221 e. The molecule has 96 valence electrons. The maximum atomic E-state index is 11.5. The van der Waals surface area contributed by atoms with Crippen LogP contribution in [0.1, 0.15) is 24.3 Å². The molecule has 0 fully saturated rings. The minimum absolute atomic E-state index is 0.0410. The van der Waals surface area contributed by atoms with Crippen molar-refractivity contribution in [2.75, 3.05) is 12.8 Å². The van der Waals surface area contributed by atoms with Crippen LogP contribution in [-0.4, -0.2) is 27.1 Å². The second-order valence-corrected chi connectivity index (χ2v) is 6.53. The third-order valence-corrected chi connectivity index (χ3v) is 3.85. The Morgan fingerprint density at radius 2 is 2.24 bits per heavy atom. The predicted molar refractivity (Wildman–Crippen MR) is 68.3 cm³/mol. The zero-order valence-electron chi connectivity index (χ0n) is 9.76. The second kappa shape index (κ2) is 6.13. The highest BCUT2D eigenvalue weighted by Gasteiger charge is 2.10. The molecule has 1 heterocycles. The standard InChI is InChI=1S/C10H16N2O3S2/c1-8(9-4-3-7-16-9)12-10(13)5-6-11-17(2,14)15/h3-4,7-8,11H,5-6H2,1-2H3,(H,12,13). The van der Waals surface area contributed by atoms with Gasteiger partial charge in [-0.1, -0.05) is 6.07 Å². The topological polar surface area (TPSA) is 75.3 Å². The molecule has 17 heavy (non-hydrogen) atoms. The Labute approximate surface area is 105 Å². The number of amides is 1. The van der Waals surface area contributed by atoms with Crippen LogP contribution >= 0.6 is 11.3 Å². The average molecular weight is 276 g/mol. The first-order valence-electron chi connectivity index (χ1n) is 5.16. The van der Waals surface area contributed by atoms with Crippen molar-refractivity contribution in [2.24, 2.45) is 0 Å². The number of hydrogen-bond donors (Lipinski definition) is 2. The van der Waals surface area contributed by atoms with Gasteiger partial charge in [0, 0.05) is 17.8 Å². The third kappa shape index (κ3) is 5.81. The van der Waals surface area contributed by atoms with E-state index < -0.39 is 10.0 Å². The highest BCUT2D eigenvalue weighted by Crippen LogP contribution is 2.17. The Balaban J connectivity index is 2.30. The van der Waals surface area contributed by atoms with Crippen LogP contribution in [-0.2, 0) is 14.8 Å². The zero-order chi connectivity index (χ0) is 12.9. The number of hydrogen-bond acceptors (Lipinski definition) is 4. The summed E-state index contributed by atoms with van der Waals surface area (Å²) in [6.45, 7) is 2.02. The largest absolute Gasteiger partial charge is 0.349 e. The summed E-state index contributed by atoms with van der Waals surface area (Å²) in [6.07, 6.45) is 1.21. The van der Waals surface area contributed by atoms with Gasteiger partial charge in [0.05, 0.1) is 12.3 Å². The van der Waals surface area contributed by atoms with Gasteiger partial charge in [-0.3, -0.25) is 4.79 Å². The summed E-state index contributed by atoms with van der Waals surface area (Å²) < 4.78 is 23.8. The molecule has 0 aliphatic heterocycles. The third-order valence-electron chi connectivity index (χ3n) is 2.06. The minimum atomic E-state index is -3.22. The molecule has 0 spiro atoms. The highest BCUT2D eigenvalue weighted by atomic mass is 32.2. The van der Waals surface area contributed by atoms with Crippen LogP contribution in [0.25, 0.3) is 0 Å². The summed E-state index contributed by atoms with van der Waals surface area (Å²) >= 11 is 1.57. The highest BCUT2D eigenvalue weighted by molar-refractivity contribution is 7.88. The number of sulfonamides is 1. The van der Waals surface area contributed by atoms with E-state index in [0.29, 0.717) is 0 Å². The van der Waals surface area contributed by atoms with Gasteiger partial charge >= 0.3 is 0 Å². The molecule has 7 heteroatoms. The monoisotopic (exact) mass is 276 g/mol. The van der Waals surface area contributed by atoms with E-state index in [1.807, 2.05) is 24.4 Å². The molecule has 1 aromatic rings. The zero-order valence-corrected chi connectivity index (χ0v) is 11.4.